The second-order valence-corrected chi connectivity index (χ2v) is 6.40. The molecule has 0 aliphatic carbocycles. The third kappa shape index (κ3) is 3.32. The Kier molecular flexibility index (Phi) is 4.26. The molecule has 2 aromatic rings. The molecule has 17 heavy (non-hydrogen) atoms. The molecule has 0 bridgehead atoms. The van der Waals surface area contributed by atoms with E-state index in [1.165, 1.54) is 11.3 Å². The van der Waals surface area contributed by atoms with Crippen molar-refractivity contribution in [3.05, 3.63) is 54.6 Å². The fraction of sp³-hybridized carbons (Fsp3) is 0.0833. The zero-order valence-corrected chi connectivity index (χ0v) is 12.5. The summed E-state index contributed by atoms with van der Waals surface area (Å²) in [4.78, 5) is 12.6. The highest BCUT2D eigenvalue weighted by atomic mass is 79.9. The lowest BCUT2D eigenvalue weighted by atomic mass is 10.1. The van der Waals surface area contributed by atoms with Crippen molar-refractivity contribution < 1.29 is 4.79 Å². The molecule has 2 rings (SSSR count). The van der Waals surface area contributed by atoms with Crippen LogP contribution < -0.4 is 0 Å². The van der Waals surface area contributed by atoms with Gasteiger partial charge in [0, 0.05) is 15.9 Å². The van der Waals surface area contributed by atoms with Gasteiger partial charge in [-0.1, -0.05) is 35.3 Å². The summed E-state index contributed by atoms with van der Waals surface area (Å²) in [5.74, 6) is 0.0601. The Labute approximate surface area is 121 Å². The van der Waals surface area contributed by atoms with Crippen molar-refractivity contribution in [1.82, 2.24) is 0 Å². The standard InChI is InChI=1S/C12H7BrCl2OS/c13-9-6-11(17-12(9)15)10(16)5-7-1-3-8(14)4-2-7/h1-4,6H,5H2. The Hall–Kier alpha value is -0.350. The zero-order chi connectivity index (χ0) is 12.4. The van der Waals surface area contributed by atoms with Gasteiger partial charge in [-0.2, -0.15) is 0 Å². The summed E-state index contributed by atoms with van der Waals surface area (Å²) in [6.45, 7) is 0. The van der Waals surface area contributed by atoms with E-state index < -0.39 is 0 Å². The van der Waals surface area contributed by atoms with Gasteiger partial charge in [0.2, 0.25) is 0 Å². The molecule has 1 aromatic carbocycles. The highest BCUT2D eigenvalue weighted by Gasteiger charge is 2.12. The van der Waals surface area contributed by atoms with Gasteiger partial charge in [-0.15, -0.1) is 11.3 Å². The number of carbonyl (C=O) groups is 1. The van der Waals surface area contributed by atoms with E-state index in [1.807, 2.05) is 12.1 Å². The minimum Gasteiger partial charge on any atom is -0.293 e. The lowest BCUT2D eigenvalue weighted by Gasteiger charge is -1.99. The number of carbonyl (C=O) groups excluding carboxylic acids is 1. The van der Waals surface area contributed by atoms with E-state index in [0.717, 1.165) is 10.0 Å². The maximum atomic E-state index is 12.0. The normalized spacial score (nSPS) is 10.5. The SMILES string of the molecule is O=C(Cc1ccc(Cl)cc1)c1cc(Br)c(Cl)s1. The van der Waals surface area contributed by atoms with Gasteiger partial charge in [-0.25, -0.2) is 0 Å². The minimum atomic E-state index is 0.0601. The molecule has 0 N–H and O–H groups in total. The third-order valence-electron chi connectivity index (χ3n) is 2.20. The molecule has 1 aromatic heterocycles. The first kappa shape index (κ1) is 13.1. The summed E-state index contributed by atoms with van der Waals surface area (Å²) in [5, 5.41) is 0.670. The molecule has 0 aliphatic rings. The average Bonchev–Trinajstić information content (AvgIpc) is 2.63. The molecule has 0 fully saturated rings. The minimum absolute atomic E-state index is 0.0601. The third-order valence-corrected chi connectivity index (χ3v) is 4.97. The zero-order valence-electron chi connectivity index (χ0n) is 8.54. The van der Waals surface area contributed by atoms with Gasteiger partial charge in [-0.3, -0.25) is 4.79 Å². The lowest BCUT2D eigenvalue weighted by molar-refractivity contribution is 0.0997. The van der Waals surface area contributed by atoms with Crippen LogP contribution in [0.25, 0.3) is 0 Å². The molecule has 5 heteroatoms. The molecule has 0 saturated heterocycles. The van der Waals surface area contributed by atoms with Crippen LogP contribution in [0.15, 0.2) is 34.8 Å². The highest BCUT2D eigenvalue weighted by molar-refractivity contribution is 9.10. The summed E-state index contributed by atoms with van der Waals surface area (Å²) in [6, 6.07) is 9.02. The van der Waals surface area contributed by atoms with Gasteiger partial charge in [0.05, 0.1) is 4.88 Å². The van der Waals surface area contributed by atoms with Crippen molar-refractivity contribution in [1.29, 1.82) is 0 Å². The molecule has 0 amide bonds. The fourth-order valence-electron chi connectivity index (χ4n) is 1.36. The monoisotopic (exact) mass is 348 g/mol. The van der Waals surface area contributed by atoms with E-state index in [2.05, 4.69) is 15.9 Å². The number of Topliss-reactive ketones (excluding diaryl/α,β-unsaturated/α-hetero) is 1. The number of rotatable bonds is 3. The predicted octanol–water partition coefficient (Wildman–Crippen LogP) is 5.24. The number of halogens is 3. The molecule has 0 unspecified atom stereocenters. The first-order chi connectivity index (χ1) is 8.06. The number of hydrogen-bond donors (Lipinski definition) is 0. The molecule has 1 heterocycles. The fourth-order valence-corrected chi connectivity index (χ4v) is 3.12. The highest BCUT2D eigenvalue weighted by Crippen LogP contribution is 2.32. The van der Waals surface area contributed by atoms with Crippen LogP contribution in [0.1, 0.15) is 15.2 Å². The molecule has 88 valence electrons. The molecule has 0 radical (unpaired) electrons. The van der Waals surface area contributed by atoms with Crippen molar-refractivity contribution in [2.45, 2.75) is 6.42 Å². The van der Waals surface area contributed by atoms with Gasteiger partial charge in [0.15, 0.2) is 5.78 Å². The maximum absolute atomic E-state index is 12.0. The van der Waals surface area contributed by atoms with Crippen LogP contribution >= 0.6 is 50.5 Å². The summed E-state index contributed by atoms with van der Waals surface area (Å²) < 4.78 is 1.37. The first-order valence-electron chi connectivity index (χ1n) is 4.79. The average molecular weight is 350 g/mol. The summed E-state index contributed by atoms with van der Waals surface area (Å²) in [5.41, 5.74) is 0.944. The number of ketones is 1. The molecular weight excluding hydrogens is 343 g/mol. The van der Waals surface area contributed by atoms with Crippen LogP contribution in [0.3, 0.4) is 0 Å². The van der Waals surface area contributed by atoms with Crippen LogP contribution in [0.4, 0.5) is 0 Å². The van der Waals surface area contributed by atoms with Crippen LogP contribution in [0.5, 0.6) is 0 Å². The van der Waals surface area contributed by atoms with Crippen molar-refractivity contribution in [3.8, 4) is 0 Å². The van der Waals surface area contributed by atoms with E-state index in [9.17, 15) is 4.79 Å². The molecular formula is C12H7BrCl2OS. The van der Waals surface area contributed by atoms with E-state index in [-0.39, 0.29) is 5.78 Å². The van der Waals surface area contributed by atoms with Gasteiger partial charge < -0.3 is 0 Å². The van der Waals surface area contributed by atoms with Gasteiger partial charge >= 0.3 is 0 Å². The van der Waals surface area contributed by atoms with E-state index >= 15 is 0 Å². The quantitative estimate of drug-likeness (QED) is 0.692. The topological polar surface area (TPSA) is 17.1 Å². The van der Waals surface area contributed by atoms with Gasteiger partial charge in [-0.05, 0) is 39.7 Å². The van der Waals surface area contributed by atoms with Crippen molar-refractivity contribution in [3.63, 3.8) is 0 Å². The Morgan fingerprint density at radius 3 is 2.41 bits per heavy atom. The largest absolute Gasteiger partial charge is 0.293 e. The lowest BCUT2D eigenvalue weighted by Crippen LogP contribution is -2.00. The first-order valence-corrected chi connectivity index (χ1v) is 7.15. The Morgan fingerprint density at radius 2 is 1.88 bits per heavy atom. The molecule has 0 aliphatic heterocycles. The second-order valence-electron chi connectivity index (χ2n) is 3.46. The summed E-state index contributed by atoms with van der Waals surface area (Å²) in [7, 11) is 0. The van der Waals surface area contributed by atoms with Crippen molar-refractivity contribution in [2.24, 2.45) is 0 Å². The van der Waals surface area contributed by atoms with Gasteiger partial charge in [0.1, 0.15) is 4.34 Å². The number of benzene rings is 1. The molecule has 0 saturated carbocycles. The maximum Gasteiger partial charge on any atom is 0.177 e. The Morgan fingerprint density at radius 1 is 1.24 bits per heavy atom. The smallest absolute Gasteiger partial charge is 0.177 e. The Bertz CT molecular complexity index is 529. The van der Waals surface area contributed by atoms with Crippen LogP contribution in [0, 0.1) is 0 Å². The van der Waals surface area contributed by atoms with E-state index in [0.29, 0.717) is 20.7 Å². The van der Waals surface area contributed by atoms with Crippen LogP contribution in [-0.4, -0.2) is 5.78 Å². The summed E-state index contributed by atoms with van der Waals surface area (Å²) >= 11 is 16.3. The molecule has 1 nitrogen and oxygen atoms in total. The Balaban J connectivity index is 2.14. The van der Waals surface area contributed by atoms with Crippen molar-refractivity contribution in [2.75, 3.05) is 0 Å². The van der Waals surface area contributed by atoms with Crippen LogP contribution in [-0.2, 0) is 6.42 Å². The second kappa shape index (κ2) is 5.53. The van der Waals surface area contributed by atoms with Gasteiger partial charge in [0.25, 0.3) is 0 Å². The molecule has 0 atom stereocenters. The number of hydrogen-bond acceptors (Lipinski definition) is 2. The predicted molar refractivity (Wildman–Crippen MR) is 76.5 cm³/mol. The molecule has 0 spiro atoms. The summed E-state index contributed by atoms with van der Waals surface area (Å²) in [6.07, 6.45) is 0.362. The number of thiophene rings is 1. The van der Waals surface area contributed by atoms with E-state index in [1.54, 1.807) is 18.2 Å². The van der Waals surface area contributed by atoms with Crippen molar-refractivity contribution >= 4 is 56.3 Å². The van der Waals surface area contributed by atoms with Crippen LogP contribution in [0.2, 0.25) is 9.36 Å². The van der Waals surface area contributed by atoms with E-state index in [4.69, 9.17) is 23.2 Å².